The van der Waals surface area contributed by atoms with Crippen molar-refractivity contribution in [2.45, 2.75) is 31.6 Å². The highest BCUT2D eigenvalue weighted by Gasteiger charge is 2.34. The highest BCUT2D eigenvalue weighted by molar-refractivity contribution is 5.40. The third kappa shape index (κ3) is 5.52. The third-order valence-electron chi connectivity index (χ3n) is 5.96. The van der Waals surface area contributed by atoms with Crippen molar-refractivity contribution < 1.29 is 28.7 Å². The Morgan fingerprint density at radius 2 is 1.84 bits per heavy atom. The molecule has 4 rings (SSSR count). The molecule has 0 radical (unpaired) electrons. The molecule has 2 aliphatic heterocycles. The summed E-state index contributed by atoms with van der Waals surface area (Å²) in [6.07, 6.45) is 1.45. The molecule has 2 aliphatic rings. The second-order valence-electron chi connectivity index (χ2n) is 8.45. The summed E-state index contributed by atoms with van der Waals surface area (Å²) in [6.45, 7) is 4.35. The van der Waals surface area contributed by atoms with Gasteiger partial charge in [0.2, 0.25) is 0 Å². The molecular weight excluding hydrogens is 400 g/mol. The number of nitrogens with zero attached hydrogens (tertiary/aromatic N) is 2. The zero-order valence-electron chi connectivity index (χ0n) is 17.5. The van der Waals surface area contributed by atoms with E-state index in [2.05, 4.69) is 0 Å². The fourth-order valence-electron chi connectivity index (χ4n) is 4.50. The van der Waals surface area contributed by atoms with E-state index in [1.807, 2.05) is 36.4 Å². The van der Waals surface area contributed by atoms with E-state index in [-0.39, 0.29) is 23.3 Å². The molecule has 1 N–H and O–H groups in total. The van der Waals surface area contributed by atoms with Gasteiger partial charge in [-0.2, -0.15) is 0 Å². The van der Waals surface area contributed by atoms with Gasteiger partial charge < -0.3 is 23.8 Å². The number of likely N-dealkylation sites (tertiary alicyclic amines) is 1. The molecule has 2 atom stereocenters. The van der Waals surface area contributed by atoms with E-state index >= 15 is 0 Å². The fraction of sp³-hybridized carbons (Fsp3) is 0.478. The first-order valence-electron chi connectivity index (χ1n) is 10.8. The molecule has 8 nitrogen and oxygen atoms in total. The highest BCUT2D eigenvalue weighted by Crippen LogP contribution is 2.31. The Morgan fingerprint density at radius 1 is 1.13 bits per heavy atom. The van der Waals surface area contributed by atoms with Crippen LogP contribution in [0.1, 0.15) is 18.4 Å². The van der Waals surface area contributed by atoms with Crippen LogP contribution in [0.5, 0.6) is 11.5 Å². The topological polar surface area (TPSA) is 91.1 Å². The average molecular weight is 429 g/mol. The fourth-order valence-corrected chi connectivity index (χ4v) is 4.50. The Balaban J connectivity index is 1.27. The molecule has 1 saturated heterocycles. The van der Waals surface area contributed by atoms with Crippen LogP contribution in [0, 0.1) is 10.1 Å². The first-order chi connectivity index (χ1) is 15.0. The highest BCUT2D eigenvalue weighted by atomic mass is 16.6. The predicted octanol–water partition coefficient (Wildman–Crippen LogP) is 2.92. The van der Waals surface area contributed by atoms with Crippen molar-refractivity contribution in [1.82, 2.24) is 0 Å². The smallest absolute Gasteiger partial charge is 0.269 e. The molecular formula is C23H29N2O6+. The SMILES string of the molecule is O=[N+]([O-])c1ccc(C[N+]2(C[C@H](O)COC[C@@H]3COc4ccccc4O3)CCCC2)cc1. The lowest BCUT2D eigenvalue weighted by Gasteiger charge is -2.36. The second kappa shape index (κ2) is 9.64. The van der Waals surface area contributed by atoms with Crippen LogP contribution < -0.4 is 9.47 Å². The van der Waals surface area contributed by atoms with Gasteiger partial charge in [-0.15, -0.1) is 0 Å². The van der Waals surface area contributed by atoms with Crippen LogP contribution >= 0.6 is 0 Å². The van der Waals surface area contributed by atoms with Crippen molar-refractivity contribution in [3.8, 4) is 11.5 Å². The monoisotopic (exact) mass is 429 g/mol. The molecule has 0 aliphatic carbocycles. The Labute approximate surface area is 181 Å². The van der Waals surface area contributed by atoms with Gasteiger partial charge in [0, 0.05) is 30.5 Å². The Hall–Kier alpha value is -2.68. The van der Waals surface area contributed by atoms with Gasteiger partial charge in [-0.25, -0.2) is 0 Å². The maximum atomic E-state index is 10.9. The largest absolute Gasteiger partial charge is 0.486 e. The van der Waals surface area contributed by atoms with Crippen LogP contribution in [-0.4, -0.2) is 66.2 Å². The molecule has 1 fully saturated rings. The van der Waals surface area contributed by atoms with E-state index in [0.29, 0.717) is 25.5 Å². The quantitative estimate of drug-likeness (QED) is 0.374. The van der Waals surface area contributed by atoms with Crippen molar-refractivity contribution in [2.75, 3.05) is 39.5 Å². The molecule has 2 heterocycles. The number of nitro benzene ring substituents is 1. The molecule has 0 saturated carbocycles. The van der Waals surface area contributed by atoms with Gasteiger partial charge in [-0.05, 0) is 24.3 Å². The number of hydrogen-bond donors (Lipinski definition) is 1. The number of aliphatic hydroxyl groups is 1. The number of non-ortho nitro benzene ring substituents is 1. The summed E-state index contributed by atoms with van der Waals surface area (Å²) in [7, 11) is 0. The maximum Gasteiger partial charge on any atom is 0.269 e. The minimum Gasteiger partial charge on any atom is -0.486 e. The molecule has 8 heteroatoms. The summed E-state index contributed by atoms with van der Waals surface area (Å²) in [5.74, 6) is 1.46. The molecule has 0 unspecified atom stereocenters. The molecule has 0 spiro atoms. The maximum absolute atomic E-state index is 10.9. The van der Waals surface area contributed by atoms with Crippen molar-refractivity contribution in [3.05, 3.63) is 64.2 Å². The summed E-state index contributed by atoms with van der Waals surface area (Å²) < 4.78 is 18.1. The van der Waals surface area contributed by atoms with Gasteiger partial charge in [-0.1, -0.05) is 12.1 Å². The second-order valence-corrected chi connectivity index (χ2v) is 8.45. The normalized spacial score (nSPS) is 20.4. The van der Waals surface area contributed by atoms with E-state index in [1.54, 1.807) is 12.1 Å². The van der Waals surface area contributed by atoms with E-state index < -0.39 is 6.10 Å². The van der Waals surface area contributed by atoms with Crippen LogP contribution in [0.15, 0.2) is 48.5 Å². The Bertz CT molecular complexity index is 882. The molecule has 0 bridgehead atoms. The van der Waals surface area contributed by atoms with Gasteiger partial charge in [-0.3, -0.25) is 10.1 Å². The van der Waals surface area contributed by atoms with Gasteiger partial charge >= 0.3 is 0 Å². The summed E-state index contributed by atoms with van der Waals surface area (Å²) in [5.41, 5.74) is 1.15. The minimum atomic E-state index is -0.590. The first-order valence-corrected chi connectivity index (χ1v) is 10.8. The van der Waals surface area contributed by atoms with Gasteiger partial charge in [0.05, 0.1) is 31.2 Å². The predicted molar refractivity (Wildman–Crippen MR) is 114 cm³/mol. The van der Waals surface area contributed by atoms with Crippen LogP contribution in [0.4, 0.5) is 5.69 Å². The van der Waals surface area contributed by atoms with E-state index in [9.17, 15) is 15.2 Å². The summed E-state index contributed by atoms with van der Waals surface area (Å²) in [5, 5.41) is 21.5. The number of hydrogen-bond acceptors (Lipinski definition) is 6. The van der Waals surface area contributed by atoms with Crippen LogP contribution in [0.25, 0.3) is 0 Å². The number of para-hydroxylation sites is 2. The standard InChI is InChI=1S/C23H29N2O6/c26-20(15-29-16-21-17-30-22-5-1-2-6-23(22)31-21)14-25(11-3-4-12-25)13-18-7-9-19(10-8-18)24(27)28/h1-2,5-10,20-21,26H,3-4,11-17H2/q+1/t20-,21+/m0/s1. The summed E-state index contributed by atoms with van der Waals surface area (Å²) >= 11 is 0. The van der Waals surface area contributed by atoms with Crippen molar-refractivity contribution in [2.24, 2.45) is 0 Å². The van der Waals surface area contributed by atoms with Crippen molar-refractivity contribution in [1.29, 1.82) is 0 Å². The number of fused-ring (bicyclic) bond motifs is 1. The Morgan fingerprint density at radius 3 is 2.55 bits per heavy atom. The number of quaternary nitrogens is 1. The van der Waals surface area contributed by atoms with E-state index in [1.165, 1.54) is 0 Å². The van der Waals surface area contributed by atoms with Crippen LogP contribution in [0.2, 0.25) is 0 Å². The number of ether oxygens (including phenoxy) is 3. The lowest BCUT2D eigenvalue weighted by atomic mass is 10.1. The van der Waals surface area contributed by atoms with Crippen LogP contribution in [0.3, 0.4) is 0 Å². The van der Waals surface area contributed by atoms with Crippen LogP contribution in [-0.2, 0) is 11.3 Å². The Kier molecular flexibility index (Phi) is 6.70. The number of rotatable bonds is 9. The molecule has 0 aromatic heterocycles. The zero-order chi connectivity index (χ0) is 21.7. The minimum absolute atomic E-state index is 0.0988. The summed E-state index contributed by atoms with van der Waals surface area (Å²) in [4.78, 5) is 10.5. The average Bonchev–Trinajstić information content (AvgIpc) is 3.21. The van der Waals surface area contributed by atoms with Crippen molar-refractivity contribution in [3.63, 3.8) is 0 Å². The number of benzene rings is 2. The molecule has 166 valence electrons. The number of aliphatic hydroxyl groups excluding tert-OH is 1. The van der Waals surface area contributed by atoms with Gasteiger partial charge in [0.25, 0.3) is 5.69 Å². The first kappa shape index (κ1) is 21.5. The number of nitro groups is 1. The third-order valence-corrected chi connectivity index (χ3v) is 5.96. The molecule has 2 aromatic carbocycles. The molecule has 31 heavy (non-hydrogen) atoms. The van der Waals surface area contributed by atoms with Gasteiger partial charge in [0.1, 0.15) is 25.8 Å². The lowest BCUT2D eigenvalue weighted by Crippen LogP contribution is -2.50. The van der Waals surface area contributed by atoms with E-state index in [4.69, 9.17) is 14.2 Å². The van der Waals surface area contributed by atoms with Gasteiger partial charge in [0.15, 0.2) is 17.6 Å². The summed E-state index contributed by atoms with van der Waals surface area (Å²) in [6, 6.07) is 14.3. The zero-order valence-corrected chi connectivity index (χ0v) is 17.5. The lowest BCUT2D eigenvalue weighted by molar-refractivity contribution is -0.932. The van der Waals surface area contributed by atoms with Crippen molar-refractivity contribution >= 4 is 5.69 Å². The molecule has 0 amide bonds. The molecule has 2 aromatic rings. The van der Waals surface area contributed by atoms with E-state index in [0.717, 1.165) is 48.3 Å².